The Kier molecular flexibility index (Phi) is 5.09. The molecule has 1 aromatic heterocycles. The van der Waals surface area contributed by atoms with Gasteiger partial charge in [-0.2, -0.15) is 0 Å². The van der Waals surface area contributed by atoms with Crippen molar-refractivity contribution in [1.29, 1.82) is 0 Å². The average Bonchev–Trinajstić information content (AvgIpc) is 2.96. The third-order valence-corrected chi connectivity index (χ3v) is 3.04. The molecule has 0 aliphatic heterocycles. The molecular weight excluding hydrogens is 282 g/mol. The summed E-state index contributed by atoms with van der Waals surface area (Å²) in [5.41, 5.74) is 2.25. The van der Waals surface area contributed by atoms with Crippen molar-refractivity contribution in [2.75, 3.05) is 13.7 Å². The number of ether oxygens (including phenoxy) is 3. The van der Waals surface area contributed by atoms with Crippen LogP contribution in [0.3, 0.4) is 0 Å². The summed E-state index contributed by atoms with van der Waals surface area (Å²) in [6.45, 7) is 6.05. The fraction of sp³-hybridized carbons (Fsp3) is 0.353. The van der Waals surface area contributed by atoms with Gasteiger partial charge in [0.25, 0.3) is 0 Å². The highest BCUT2D eigenvalue weighted by atomic mass is 16.5. The van der Waals surface area contributed by atoms with E-state index < -0.39 is 0 Å². The molecule has 0 saturated carbocycles. The molecule has 2 rings (SSSR count). The lowest BCUT2D eigenvalue weighted by atomic mass is 10.1. The van der Waals surface area contributed by atoms with Gasteiger partial charge in [0.05, 0.1) is 19.8 Å². The molecule has 0 saturated heterocycles. The first kappa shape index (κ1) is 15.9. The summed E-state index contributed by atoms with van der Waals surface area (Å²) in [6, 6.07) is 7.43. The smallest absolute Gasteiger partial charge is 0.354 e. The molecule has 5 nitrogen and oxygen atoms in total. The van der Waals surface area contributed by atoms with E-state index >= 15 is 0 Å². The fourth-order valence-electron chi connectivity index (χ4n) is 2.09. The Balaban J connectivity index is 2.30. The normalized spacial score (nSPS) is 10.6. The van der Waals surface area contributed by atoms with Gasteiger partial charge in [0.1, 0.15) is 5.69 Å². The number of methoxy groups -OCH3 is 1. The molecule has 0 aliphatic carbocycles. The number of rotatable bonds is 6. The number of aromatic nitrogens is 1. The highest BCUT2D eigenvalue weighted by Gasteiger charge is 2.13. The highest BCUT2D eigenvalue weighted by Crippen LogP contribution is 2.33. The molecule has 1 heterocycles. The second kappa shape index (κ2) is 7.02. The van der Waals surface area contributed by atoms with E-state index in [1.807, 2.05) is 32.0 Å². The van der Waals surface area contributed by atoms with Gasteiger partial charge in [0.15, 0.2) is 11.5 Å². The fourth-order valence-corrected chi connectivity index (χ4v) is 2.09. The van der Waals surface area contributed by atoms with Gasteiger partial charge in [-0.05, 0) is 44.5 Å². The van der Waals surface area contributed by atoms with E-state index in [0.717, 1.165) is 11.1 Å². The largest absolute Gasteiger partial charge is 0.493 e. The van der Waals surface area contributed by atoms with Crippen LogP contribution >= 0.6 is 0 Å². The van der Waals surface area contributed by atoms with Crippen molar-refractivity contribution in [1.82, 2.24) is 4.98 Å². The maximum Gasteiger partial charge on any atom is 0.354 e. The van der Waals surface area contributed by atoms with E-state index in [4.69, 9.17) is 14.2 Å². The highest BCUT2D eigenvalue weighted by molar-refractivity contribution is 5.89. The van der Waals surface area contributed by atoms with Crippen LogP contribution in [0.1, 0.15) is 31.3 Å². The topological polar surface area (TPSA) is 60.6 Å². The lowest BCUT2D eigenvalue weighted by Gasteiger charge is -2.14. The minimum absolute atomic E-state index is 0.0467. The Morgan fingerprint density at radius 3 is 2.59 bits per heavy atom. The number of benzene rings is 1. The predicted molar refractivity (Wildman–Crippen MR) is 84.5 cm³/mol. The molecule has 0 unspecified atom stereocenters. The van der Waals surface area contributed by atoms with Gasteiger partial charge in [0.2, 0.25) is 0 Å². The molecule has 0 bridgehead atoms. The van der Waals surface area contributed by atoms with Crippen LogP contribution in [0, 0.1) is 0 Å². The molecule has 0 aliphatic rings. The van der Waals surface area contributed by atoms with Crippen LogP contribution in [0.25, 0.3) is 11.1 Å². The molecule has 2 aromatic rings. The summed E-state index contributed by atoms with van der Waals surface area (Å²) in [6.07, 6.45) is 1.82. The molecule has 0 fully saturated rings. The van der Waals surface area contributed by atoms with Crippen molar-refractivity contribution < 1.29 is 19.0 Å². The van der Waals surface area contributed by atoms with Crippen LogP contribution < -0.4 is 9.47 Å². The van der Waals surface area contributed by atoms with Crippen LogP contribution in [0.2, 0.25) is 0 Å². The zero-order valence-corrected chi connectivity index (χ0v) is 13.3. The number of H-pyrrole nitrogens is 1. The van der Waals surface area contributed by atoms with Crippen molar-refractivity contribution >= 4 is 5.97 Å². The summed E-state index contributed by atoms with van der Waals surface area (Å²) in [5, 5.41) is 0. The number of nitrogens with one attached hydrogen (secondary N) is 1. The van der Waals surface area contributed by atoms with Gasteiger partial charge < -0.3 is 19.2 Å². The summed E-state index contributed by atoms with van der Waals surface area (Å²) in [7, 11) is 1.61. The van der Waals surface area contributed by atoms with Crippen LogP contribution in [-0.4, -0.2) is 30.8 Å². The molecule has 0 atom stereocenters. The van der Waals surface area contributed by atoms with Gasteiger partial charge in [-0.1, -0.05) is 6.07 Å². The Labute approximate surface area is 130 Å². The average molecular weight is 303 g/mol. The monoisotopic (exact) mass is 303 g/mol. The number of carbonyl (C=O) groups excluding carboxylic acids is 1. The second-order valence-corrected chi connectivity index (χ2v) is 5.05. The Hall–Kier alpha value is -2.43. The third kappa shape index (κ3) is 3.61. The second-order valence-electron chi connectivity index (χ2n) is 5.05. The molecular formula is C17H21NO4. The summed E-state index contributed by atoms with van der Waals surface area (Å²) in [5.74, 6) is 0.994. The number of carbonyl (C=O) groups is 1. The number of hydrogen-bond donors (Lipinski definition) is 1. The van der Waals surface area contributed by atoms with Crippen LogP contribution in [0.5, 0.6) is 11.5 Å². The molecule has 0 spiro atoms. The first-order valence-electron chi connectivity index (χ1n) is 7.25. The standard InChI is InChI=1S/C17H21NO4/c1-5-21-17(19)14-8-13(10-18-14)12-6-7-15(20-4)16(9-12)22-11(2)3/h6-11,18H,5H2,1-4H3. The summed E-state index contributed by atoms with van der Waals surface area (Å²) in [4.78, 5) is 14.6. The summed E-state index contributed by atoms with van der Waals surface area (Å²) < 4.78 is 16.0. The van der Waals surface area contributed by atoms with E-state index in [2.05, 4.69) is 4.98 Å². The minimum Gasteiger partial charge on any atom is -0.493 e. The van der Waals surface area contributed by atoms with Gasteiger partial charge in [-0.3, -0.25) is 0 Å². The number of esters is 1. The zero-order chi connectivity index (χ0) is 16.1. The maximum absolute atomic E-state index is 11.7. The van der Waals surface area contributed by atoms with E-state index in [1.165, 1.54) is 0 Å². The Morgan fingerprint density at radius 1 is 1.18 bits per heavy atom. The quantitative estimate of drug-likeness (QED) is 0.827. The molecule has 1 N–H and O–H groups in total. The van der Waals surface area contributed by atoms with Gasteiger partial charge in [-0.25, -0.2) is 4.79 Å². The van der Waals surface area contributed by atoms with Crippen molar-refractivity contribution in [3.8, 4) is 22.6 Å². The van der Waals surface area contributed by atoms with E-state index in [-0.39, 0.29) is 12.1 Å². The van der Waals surface area contributed by atoms with Crippen molar-refractivity contribution in [3.63, 3.8) is 0 Å². The number of hydrogen-bond acceptors (Lipinski definition) is 4. The molecule has 1 aromatic carbocycles. The summed E-state index contributed by atoms with van der Waals surface area (Å²) >= 11 is 0. The molecule has 118 valence electrons. The maximum atomic E-state index is 11.7. The van der Waals surface area contributed by atoms with E-state index in [1.54, 1.807) is 26.3 Å². The van der Waals surface area contributed by atoms with Crippen LogP contribution in [-0.2, 0) is 4.74 Å². The van der Waals surface area contributed by atoms with Crippen molar-refractivity contribution in [2.24, 2.45) is 0 Å². The molecule has 5 heteroatoms. The molecule has 0 radical (unpaired) electrons. The number of aromatic amines is 1. The van der Waals surface area contributed by atoms with Crippen LogP contribution in [0.15, 0.2) is 30.5 Å². The lowest BCUT2D eigenvalue weighted by Crippen LogP contribution is -2.06. The first-order valence-corrected chi connectivity index (χ1v) is 7.25. The first-order chi connectivity index (χ1) is 10.5. The van der Waals surface area contributed by atoms with Gasteiger partial charge >= 0.3 is 5.97 Å². The predicted octanol–water partition coefficient (Wildman–Crippen LogP) is 3.65. The van der Waals surface area contributed by atoms with Crippen LogP contribution in [0.4, 0.5) is 0 Å². The lowest BCUT2D eigenvalue weighted by molar-refractivity contribution is 0.0520. The van der Waals surface area contributed by atoms with Gasteiger partial charge in [-0.15, -0.1) is 0 Å². The van der Waals surface area contributed by atoms with E-state index in [0.29, 0.717) is 23.8 Å². The van der Waals surface area contributed by atoms with Crippen molar-refractivity contribution in [3.05, 3.63) is 36.2 Å². The Bertz CT molecular complexity index is 646. The SMILES string of the molecule is CCOC(=O)c1cc(-c2ccc(OC)c(OC(C)C)c2)c[nH]1. The third-order valence-electron chi connectivity index (χ3n) is 3.04. The minimum atomic E-state index is -0.360. The zero-order valence-electron chi connectivity index (χ0n) is 13.3. The molecule has 0 amide bonds. The van der Waals surface area contributed by atoms with Gasteiger partial charge in [0, 0.05) is 11.8 Å². The van der Waals surface area contributed by atoms with E-state index in [9.17, 15) is 4.79 Å². The van der Waals surface area contributed by atoms with Crippen molar-refractivity contribution in [2.45, 2.75) is 26.9 Å². The Morgan fingerprint density at radius 2 is 1.95 bits per heavy atom. The molecule has 22 heavy (non-hydrogen) atoms.